The molecule has 9 heteroatoms. The number of nitrogens with zero attached hydrogens (tertiary/aromatic N) is 2. The van der Waals surface area contributed by atoms with E-state index in [1.807, 2.05) is 4.90 Å². The predicted molar refractivity (Wildman–Crippen MR) is 112 cm³/mol. The molecular weight excluding hydrogens is 403 g/mol. The van der Waals surface area contributed by atoms with E-state index in [2.05, 4.69) is 5.32 Å². The molecule has 2 aliphatic carbocycles. The van der Waals surface area contributed by atoms with E-state index in [1.54, 1.807) is 13.8 Å². The van der Waals surface area contributed by atoms with E-state index in [0.717, 1.165) is 35.4 Å². The average molecular weight is 428 g/mol. The molecule has 0 bridgehead atoms. The fourth-order valence-corrected chi connectivity index (χ4v) is 5.10. The Morgan fingerprint density at radius 3 is 2.71 bits per heavy atom. The highest BCUT2D eigenvalue weighted by Gasteiger charge is 2.61. The van der Waals surface area contributed by atoms with E-state index in [1.165, 1.54) is 6.07 Å². The van der Waals surface area contributed by atoms with Gasteiger partial charge in [0.05, 0.1) is 29.0 Å². The number of carboxylic acid groups (broad SMARTS) is 1. The maximum atomic E-state index is 15.3. The van der Waals surface area contributed by atoms with Crippen LogP contribution in [0, 0.1) is 18.7 Å². The maximum Gasteiger partial charge on any atom is 0.341 e. The Morgan fingerprint density at radius 1 is 1.39 bits per heavy atom. The first-order chi connectivity index (χ1) is 14.6. The van der Waals surface area contributed by atoms with Crippen molar-refractivity contribution in [2.75, 3.05) is 18.0 Å². The summed E-state index contributed by atoms with van der Waals surface area (Å²) in [6.45, 7) is 4.48. The molecule has 1 amide bonds. The Morgan fingerprint density at radius 2 is 2.10 bits per heavy atom. The van der Waals surface area contributed by atoms with E-state index in [0.29, 0.717) is 29.9 Å². The number of amides is 1. The number of hydrogen-bond donors (Lipinski definition) is 3. The first-order valence-electron chi connectivity index (χ1n) is 10.6. The number of carbonyl (C=O) groups is 2. The average Bonchev–Trinajstić information content (AvgIpc) is 3.60. The van der Waals surface area contributed by atoms with Crippen LogP contribution in [0.3, 0.4) is 0 Å². The third-order valence-corrected chi connectivity index (χ3v) is 6.94. The number of halogens is 1. The molecule has 0 radical (unpaired) electrons. The Labute approximate surface area is 177 Å². The summed E-state index contributed by atoms with van der Waals surface area (Å²) in [5.74, 6) is -1.70. The summed E-state index contributed by atoms with van der Waals surface area (Å²) in [7, 11) is 0. The molecule has 2 aromatic rings. The van der Waals surface area contributed by atoms with Crippen LogP contribution in [0.1, 0.15) is 53.6 Å². The summed E-state index contributed by atoms with van der Waals surface area (Å²) in [5.41, 5.74) is 6.62. The van der Waals surface area contributed by atoms with Crippen LogP contribution in [0.15, 0.2) is 17.1 Å². The van der Waals surface area contributed by atoms with E-state index >= 15 is 4.39 Å². The van der Waals surface area contributed by atoms with E-state index in [9.17, 15) is 19.5 Å². The van der Waals surface area contributed by atoms with Crippen LogP contribution in [-0.2, 0) is 4.79 Å². The number of nitrogens with two attached hydrogens (primary N) is 1. The Hall–Kier alpha value is -2.94. The summed E-state index contributed by atoms with van der Waals surface area (Å²) in [6.07, 6.45) is 3.77. The van der Waals surface area contributed by atoms with Crippen molar-refractivity contribution in [3.8, 4) is 0 Å². The number of hydrogen-bond acceptors (Lipinski definition) is 5. The van der Waals surface area contributed by atoms with Crippen LogP contribution in [0.4, 0.5) is 10.1 Å². The zero-order chi connectivity index (χ0) is 22.2. The molecule has 0 aromatic carbocycles. The smallest absolute Gasteiger partial charge is 0.341 e. The summed E-state index contributed by atoms with van der Waals surface area (Å²) in [6, 6.07) is 0.846. The van der Waals surface area contributed by atoms with Gasteiger partial charge in [-0.05, 0) is 56.2 Å². The molecule has 2 saturated carbocycles. The number of aryl methyl sites for hydroxylation is 1. The van der Waals surface area contributed by atoms with Gasteiger partial charge in [0.25, 0.3) is 5.56 Å². The fourth-order valence-electron chi connectivity index (χ4n) is 5.10. The topological polar surface area (TPSA) is 117 Å². The summed E-state index contributed by atoms with van der Waals surface area (Å²) < 4.78 is 16.4. The van der Waals surface area contributed by atoms with Gasteiger partial charge in [-0.1, -0.05) is 0 Å². The molecule has 3 atom stereocenters. The molecule has 1 saturated heterocycles. The van der Waals surface area contributed by atoms with Crippen molar-refractivity contribution in [1.82, 2.24) is 9.72 Å². The van der Waals surface area contributed by atoms with Crippen molar-refractivity contribution >= 4 is 23.1 Å². The first kappa shape index (κ1) is 20.0. The van der Waals surface area contributed by atoms with Gasteiger partial charge in [-0.15, -0.1) is 0 Å². The number of nitrogens with one attached hydrogen (secondary N) is 1. The Bertz CT molecular complexity index is 1200. The molecule has 3 fully saturated rings. The molecule has 4 N–H and O–H groups in total. The number of piperidine rings is 1. The molecule has 0 spiro atoms. The minimum atomic E-state index is -1.31. The number of carbonyl (C=O) groups excluding carboxylic acids is 1. The lowest BCUT2D eigenvalue weighted by atomic mass is 10.0. The molecule has 8 nitrogen and oxygen atoms in total. The van der Waals surface area contributed by atoms with Crippen LogP contribution in [0.5, 0.6) is 0 Å². The van der Waals surface area contributed by atoms with Crippen molar-refractivity contribution in [3.05, 3.63) is 45.1 Å². The van der Waals surface area contributed by atoms with Crippen LogP contribution in [0.2, 0.25) is 0 Å². The lowest BCUT2D eigenvalue weighted by Gasteiger charge is -2.27. The molecule has 1 unspecified atom stereocenters. The lowest BCUT2D eigenvalue weighted by molar-refractivity contribution is -0.122. The van der Waals surface area contributed by atoms with Crippen molar-refractivity contribution in [1.29, 1.82) is 0 Å². The maximum absolute atomic E-state index is 15.3. The second kappa shape index (κ2) is 6.53. The van der Waals surface area contributed by atoms with E-state index in [-0.39, 0.29) is 28.8 Å². The highest BCUT2D eigenvalue weighted by molar-refractivity contribution is 5.89. The Balaban J connectivity index is 1.59. The second-order valence-electron chi connectivity index (χ2n) is 9.28. The molecule has 31 heavy (non-hydrogen) atoms. The number of anilines is 1. The largest absolute Gasteiger partial charge is 0.477 e. The van der Waals surface area contributed by atoms with Gasteiger partial charge >= 0.3 is 5.97 Å². The van der Waals surface area contributed by atoms with Crippen LogP contribution in [0.25, 0.3) is 5.52 Å². The van der Waals surface area contributed by atoms with Crippen molar-refractivity contribution < 1.29 is 19.1 Å². The zero-order valence-electron chi connectivity index (χ0n) is 17.4. The van der Waals surface area contributed by atoms with Gasteiger partial charge in [0.2, 0.25) is 5.91 Å². The Kier molecular flexibility index (Phi) is 4.21. The molecule has 3 aliphatic rings. The molecule has 3 heterocycles. The second-order valence-corrected chi connectivity index (χ2v) is 9.28. The fraction of sp³-hybridized carbons (Fsp3) is 0.500. The highest BCUT2D eigenvalue weighted by Crippen LogP contribution is 2.52. The number of fused-ring (bicyclic) bond motifs is 2. The van der Waals surface area contributed by atoms with E-state index < -0.39 is 23.4 Å². The molecule has 2 aromatic heterocycles. The molecule has 1 aliphatic heterocycles. The highest BCUT2D eigenvalue weighted by atomic mass is 19.1. The number of pyridine rings is 2. The molecule has 164 valence electrons. The molecule has 5 rings (SSSR count). The van der Waals surface area contributed by atoms with Gasteiger partial charge in [-0.3, -0.25) is 14.0 Å². The van der Waals surface area contributed by atoms with Crippen LogP contribution in [-0.4, -0.2) is 46.1 Å². The van der Waals surface area contributed by atoms with Crippen LogP contribution < -0.4 is 21.5 Å². The first-order valence-corrected chi connectivity index (χ1v) is 10.6. The molecular formula is C22H25FN4O4. The quantitative estimate of drug-likeness (QED) is 0.662. The van der Waals surface area contributed by atoms with Gasteiger partial charge in [-0.25, -0.2) is 9.18 Å². The summed E-state index contributed by atoms with van der Waals surface area (Å²) >= 11 is 0. The monoisotopic (exact) mass is 428 g/mol. The van der Waals surface area contributed by atoms with Crippen molar-refractivity contribution in [2.24, 2.45) is 11.7 Å². The third kappa shape index (κ3) is 3.02. The number of carboxylic acids is 1. The third-order valence-electron chi connectivity index (χ3n) is 6.94. The van der Waals surface area contributed by atoms with Crippen LogP contribution >= 0.6 is 0 Å². The van der Waals surface area contributed by atoms with Gasteiger partial charge < -0.3 is 21.1 Å². The summed E-state index contributed by atoms with van der Waals surface area (Å²) in [5, 5.41) is 12.5. The minimum absolute atomic E-state index is 0.175. The van der Waals surface area contributed by atoms with Gasteiger partial charge in [0.1, 0.15) is 5.56 Å². The normalized spacial score (nSPS) is 25.4. The predicted octanol–water partition coefficient (Wildman–Crippen LogP) is 1.36. The number of aromatic nitrogens is 1. The standard InChI is InChI=1S/C22H25FN4O4/c1-10-17-14(12-3-4-12)5-15(21(30)31)20(29)27(17)8-16(23)18(10)26-7-13-6-22(13,9-26)25-19(28)11(2)24/h5,8,11-13H,3-4,6-7,9,24H2,1-2H3,(H,25,28)(H,30,31)/t11-,13?,22-/m0/s1. The van der Waals surface area contributed by atoms with Crippen molar-refractivity contribution in [3.63, 3.8) is 0 Å². The van der Waals surface area contributed by atoms with Crippen molar-refractivity contribution in [2.45, 2.75) is 50.6 Å². The lowest BCUT2D eigenvalue weighted by Crippen LogP contribution is -2.48. The van der Waals surface area contributed by atoms with E-state index in [4.69, 9.17) is 5.73 Å². The van der Waals surface area contributed by atoms with Gasteiger partial charge in [-0.2, -0.15) is 0 Å². The van der Waals surface area contributed by atoms with Gasteiger partial charge in [0, 0.05) is 19.0 Å². The SMILES string of the molecule is Cc1c(N2CC3C[C@]3(NC(=O)[C@H](C)N)C2)c(F)cn2c(=O)c(C(=O)O)cc(C3CC3)c12. The van der Waals surface area contributed by atoms with Gasteiger partial charge in [0.15, 0.2) is 5.82 Å². The zero-order valence-corrected chi connectivity index (χ0v) is 17.4. The minimum Gasteiger partial charge on any atom is -0.477 e. The number of rotatable bonds is 5. The number of aromatic carboxylic acids is 1. The summed E-state index contributed by atoms with van der Waals surface area (Å²) in [4.78, 5) is 38.3.